The molecule has 0 radical (unpaired) electrons. The van der Waals surface area contributed by atoms with Gasteiger partial charge in [-0.25, -0.2) is 4.68 Å². The van der Waals surface area contributed by atoms with E-state index in [2.05, 4.69) is 16.7 Å². The Balaban J connectivity index is 2.12. The molecule has 0 aromatic carbocycles. The highest BCUT2D eigenvalue weighted by atomic mass is 35.5. The number of aromatic nitrogens is 2. The maximum Gasteiger partial charge on any atom is 0.287 e. The molecule has 1 aromatic rings. The van der Waals surface area contributed by atoms with Crippen molar-refractivity contribution >= 4 is 29.1 Å². The molecule has 19 heavy (non-hydrogen) atoms. The zero-order valence-corrected chi connectivity index (χ0v) is 13.0. The number of hydrogen-bond acceptors (Lipinski definition) is 4. The summed E-state index contributed by atoms with van der Waals surface area (Å²) in [4.78, 5) is 11.9. The van der Waals surface area contributed by atoms with Gasteiger partial charge < -0.3 is 5.32 Å². The van der Waals surface area contributed by atoms with Gasteiger partial charge in [0.25, 0.3) is 5.56 Å². The molecule has 1 aliphatic carbocycles. The van der Waals surface area contributed by atoms with E-state index < -0.39 is 0 Å². The lowest BCUT2D eigenvalue weighted by Gasteiger charge is -2.27. The van der Waals surface area contributed by atoms with Crippen LogP contribution in [0, 0.1) is 0 Å². The third-order valence-electron chi connectivity index (χ3n) is 3.83. The summed E-state index contributed by atoms with van der Waals surface area (Å²) in [7, 11) is 0. The van der Waals surface area contributed by atoms with Gasteiger partial charge in [-0.05, 0) is 26.0 Å². The number of aryl methyl sites for hydroxylation is 1. The largest absolute Gasteiger partial charge is 0.381 e. The minimum absolute atomic E-state index is 0.223. The van der Waals surface area contributed by atoms with Crippen LogP contribution in [0.1, 0.15) is 32.6 Å². The van der Waals surface area contributed by atoms with Crippen LogP contribution in [0.25, 0.3) is 0 Å². The van der Waals surface area contributed by atoms with Gasteiger partial charge in [0.15, 0.2) is 0 Å². The topological polar surface area (TPSA) is 46.9 Å². The fourth-order valence-corrected chi connectivity index (χ4v) is 3.67. The second-order valence-corrected chi connectivity index (χ2v) is 6.59. The van der Waals surface area contributed by atoms with Crippen LogP contribution in [-0.2, 0) is 6.54 Å². The van der Waals surface area contributed by atoms with E-state index in [1.165, 1.54) is 30.4 Å². The maximum atomic E-state index is 11.9. The zero-order chi connectivity index (χ0) is 13.9. The van der Waals surface area contributed by atoms with Crippen molar-refractivity contribution in [3.8, 4) is 0 Å². The van der Waals surface area contributed by atoms with E-state index in [0.717, 1.165) is 6.54 Å². The molecule has 1 fully saturated rings. The Bertz CT molecular complexity index is 497. The van der Waals surface area contributed by atoms with Gasteiger partial charge in [0.05, 0.1) is 11.9 Å². The van der Waals surface area contributed by atoms with Gasteiger partial charge in [-0.3, -0.25) is 4.79 Å². The molecule has 4 nitrogen and oxygen atoms in total. The van der Waals surface area contributed by atoms with E-state index in [-0.39, 0.29) is 15.3 Å². The van der Waals surface area contributed by atoms with Gasteiger partial charge in [0.1, 0.15) is 5.02 Å². The first kappa shape index (κ1) is 14.7. The van der Waals surface area contributed by atoms with Crippen LogP contribution in [-0.4, -0.2) is 27.3 Å². The van der Waals surface area contributed by atoms with E-state index in [1.807, 2.05) is 18.7 Å². The number of hydrogen-bond donors (Lipinski definition) is 1. The maximum absolute atomic E-state index is 11.9. The third-order valence-corrected chi connectivity index (χ3v) is 5.62. The Labute approximate surface area is 122 Å². The summed E-state index contributed by atoms with van der Waals surface area (Å²) in [6.07, 6.45) is 8.81. The van der Waals surface area contributed by atoms with Crippen LogP contribution in [0.4, 0.5) is 5.69 Å². The first-order valence-corrected chi connectivity index (χ1v) is 8.27. The Hall–Kier alpha value is -0.680. The molecule has 1 N–H and O–H groups in total. The highest BCUT2D eigenvalue weighted by Gasteiger charge is 2.32. The number of rotatable bonds is 5. The van der Waals surface area contributed by atoms with Gasteiger partial charge in [0.2, 0.25) is 0 Å². The van der Waals surface area contributed by atoms with Crippen LogP contribution >= 0.6 is 23.4 Å². The number of anilines is 1. The lowest BCUT2D eigenvalue weighted by Crippen LogP contribution is -2.31. The second kappa shape index (κ2) is 6.18. The molecular weight excluding hydrogens is 282 g/mol. The van der Waals surface area contributed by atoms with Crippen molar-refractivity contribution in [1.82, 2.24) is 9.78 Å². The average molecular weight is 302 g/mol. The molecule has 2 rings (SSSR count). The molecule has 0 aliphatic heterocycles. The quantitative estimate of drug-likeness (QED) is 0.908. The Morgan fingerprint density at radius 2 is 2.21 bits per heavy atom. The molecule has 0 spiro atoms. The summed E-state index contributed by atoms with van der Waals surface area (Å²) in [5.41, 5.74) is 0.426. The average Bonchev–Trinajstić information content (AvgIpc) is 2.90. The van der Waals surface area contributed by atoms with Crippen molar-refractivity contribution in [2.75, 3.05) is 18.1 Å². The van der Waals surface area contributed by atoms with Gasteiger partial charge in [0, 0.05) is 17.8 Å². The van der Waals surface area contributed by atoms with E-state index in [0.29, 0.717) is 12.2 Å². The lowest BCUT2D eigenvalue weighted by atomic mass is 10.1. The summed E-state index contributed by atoms with van der Waals surface area (Å²) >= 11 is 8.02. The molecule has 0 saturated heterocycles. The van der Waals surface area contributed by atoms with Crippen LogP contribution < -0.4 is 10.9 Å². The summed E-state index contributed by atoms with van der Waals surface area (Å²) in [6, 6.07) is 0. The monoisotopic (exact) mass is 301 g/mol. The van der Waals surface area contributed by atoms with E-state index in [4.69, 9.17) is 11.6 Å². The summed E-state index contributed by atoms with van der Waals surface area (Å²) < 4.78 is 1.65. The number of nitrogens with zero attached hydrogens (tertiary/aromatic N) is 2. The van der Waals surface area contributed by atoms with Crippen molar-refractivity contribution in [3.63, 3.8) is 0 Å². The van der Waals surface area contributed by atoms with Gasteiger partial charge in [-0.2, -0.15) is 16.9 Å². The highest BCUT2D eigenvalue weighted by Crippen LogP contribution is 2.40. The van der Waals surface area contributed by atoms with Crippen LogP contribution in [0.3, 0.4) is 0 Å². The summed E-state index contributed by atoms with van der Waals surface area (Å²) in [5, 5.41) is 7.65. The van der Waals surface area contributed by atoms with Crippen molar-refractivity contribution in [1.29, 1.82) is 0 Å². The first-order chi connectivity index (χ1) is 9.12. The zero-order valence-electron chi connectivity index (χ0n) is 11.4. The Morgan fingerprint density at radius 3 is 2.79 bits per heavy atom. The molecule has 1 heterocycles. The predicted molar refractivity (Wildman–Crippen MR) is 82.4 cm³/mol. The molecular formula is C13H20ClN3OS. The Morgan fingerprint density at radius 1 is 1.53 bits per heavy atom. The van der Waals surface area contributed by atoms with Crippen molar-refractivity contribution in [2.45, 2.75) is 43.9 Å². The number of thioether (sulfide) groups is 1. The highest BCUT2D eigenvalue weighted by molar-refractivity contribution is 8.00. The molecule has 1 saturated carbocycles. The minimum Gasteiger partial charge on any atom is -0.381 e. The number of nitrogens with one attached hydrogen (secondary N) is 1. The molecule has 106 valence electrons. The standard InChI is InChI=1S/C13H20ClN3OS/c1-3-17-12(18)11(14)10(8-16-17)15-9-13(19-2)6-4-5-7-13/h8,15H,3-7,9H2,1-2H3. The fourth-order valence-electron chi connectivity index (χ4n) is 2.54. The summed E-state index contributed by atoms with van der Waals surface area (Å²) in [5.74, 6) is 0. The third kappa shape index (κ3) is 3.08. The minimum atomic E-state index is -0.223. The van der Waals surface area contributed by atoms with Crippen molar-refractivity contribution in [3.05, 3.63) is 21.6 Å². The van der Waals surface area contributed by atoms with Gasteiger partial charge in [-0.1, -0.05) is 24.4 Å². The van der Waals surface area contributed by atoms with E-state index in [1.54, 1.807) is 6.20 Å². The second-order valence-electron chi connectivity index (χ2n) is 4.94. The molecule has 0 atom stereocenters. The Kier molecular flexibility index (Phi) is 4.79. The van der Waals surface area contributed by atoms with Crippen LogP contribution in [0.5, 0.6) is 0 Å². The molecule has 0 bridgehead atoms. The van der Waals surface area contributed by atoms with Gasteiger partial charge in [-0.15, -0.1) is 0 Å². The fraction of sp³-hybridized carbons (Fsp3) is 0.692. The van der Waals surface area contributed by atoms with E-state index >= 15 is 0 Å². The predicted octanol–water partition coefficient (Wildman–Crippen LogP) is 3.00. The molecule has 0 amide bonds. The van der Waals surface area contributed by atoms with Crippen LogP contribution in [0.2, 0.25) is 5.02 Å². The lowest BCUT2D eigenvalue weighted by molar-refractivity contribution is 0.613. The van der Waals surface area contributed by atoms with Gasteiger partial charge >= 0.3 is 0 Å². The van der Waals surface area contributed by atoms with Crippen molar-refractivity contribution in [2.24, 2.45) is 0 Å². The summed E-state index contributed by atoms with van der Waals surface area (Å²) in [6.45, 7) is 3.25. The first-order valence-electron chi connectivity index (χ1n) is 6.66. The van der Waals surface area contributed by atoms with E-state index in [9.17, 15) is 4.79 Å². The van der Waals surface area contributed by atoms with Crippen LogP contribution in [0.15, 0.2) is 11.0 Å². The molecule has 0 unspecified atom stereocenters. The molecule has 1 aromatic heterocycles. The number of halogens is 1. The van der Waals surface area contributed by atoms with Crippen molar-refractivity contribution < 1.29 is 0 Å². The normalized spacial score (nSPS) is 17.6. The SMILES string of the molecule is CCn1ncc(NCC2(SC)CCCC2)c(Cl)c1=O. The molecule has 1 aliphatic rings. The molecule has 6 heteroatoms. The smallest absolute Gasteiger partial charge is 0.287 e.